The molecule has 0 saturated carbocycles. The fourth-order valence-electron chi connectivity index (χ4n) is 1.10. The third kappa shape index (κ3) is 2.59. The van der Waals surface area contributed by atoms with Gasteiger partial charge >= 0.3 is 0 Å². The van der Waals surface area contributed by atoms with Crippen LogP contribution in [0.15, 0.2) is 40.8 Å². The van der Waals surface area contributed by atoms with Crippen molar-refractivity contribution in [1.29, 1.82) is 0 Å². The van der Waals surface area contributed by atoms with Crippen molar-refractivity contribution in [3.05, 3.63) is 45.7 Å². The number of rotatable bonds is 3. The molecule has 0 spiro atoms. The standard InChI is InChI=1S/C11H7IO3/c12-8-2-1-3-9(6-8)14-11-5-4-10(7-13)15-11/h1-7H. The van der Waals surface area contributed by atoms with E-state index in [9.17, 15) is 4.79 Å². The molecule has 0 aliphatic heterocycles. The third-order valence-electron chi connectivity index (χ3n) is 1.73. The lowest BCUT2D eigenvalue weighted by molar-refractivity contribution is 0.109. The normalized spacial score (nSPS) is 9.93. The Bertz CT molecular complexity index is 476. The first-order valence-corrected chi connectivity index (χ1v) is 5.34. The predicted octanol–water partition coefficient (Wildman–Crippen LogP) is 3.49. The minimum Gasteiger partial charge on any atom is -0.426 e. The maximum absolute atomic E-state index is 10.4. The molecular formula is C11H7IO3. The average molecular weight is 314 g/mol. The Morgan fingerprint density at radius 2 is 2.13 bits per heavy atom. The second kappa shape index (κ2) is 4.48. The maximum atomic E-state index is 10.4. The van der Waals surface area contributed by atoms with E-state index >= 15 is 0 Å². The molecule has 0 unspecified atom stereocenters. The van der Waals surface area contributed by atoms with Crippen LogP contribution in [-0.2, 0) is 0 Å². The largest absolute Gasteiger partial charge is 0.426 e. The van der Waals surface area contributed by atoms with Crippen molar-refractivity contribution >= 4 is 28.9 Å². The van der Waals surface area contributed by atoms with Gasteiger partial charge in [-0.25, -0.2) is 0 Å². The molecule has 0 aliphatic rings. The third-order valence-corrected chi connectivity index (χ3v) is 2.40. The van der Waals surface area contributed by atoms with Crippen LogP contribution in [0.5, 0.6) is 11.7 Å². The zero-order chi connectivity index (χ0) is 10.7. The zero-order valence-corrected chi connectivity index (χ0v) is 9.80. The van der Waals surface area contributed by atoms with Gasteiger partial charge in [0, 0.05) is 9.64 Å². The van der Waals surface area contributed by atoms with Gasteiger partial charge in [-0.1, -0.05) is 6.07 Å². The van der Waals surface area contributed by atoms with Crippen molar-refractivity contribution in [2.45, 2.75) is 0 Å². The van der Waals surface area contributed by atoms with E-state index in [0.29, 0.717) is 18.0 Å². The second-order valence-electron chi connectivity index (χ2n) is 2.83. The number of ether oxygens (including phenoxy) is 1. The molecule has 0 fully saturated rings. The van der Waals surface area contributed by atoms with Gasteiger partial charge in [0.1, 0.15) is 5.75 Å². The van der Waals surface area contributed by atoms with Crippen LogP contribution in [0.25, 0.3) is 0 Å². The van der Waals surface area contributed by atoms with E-state index in [0.717, 1.165) is 3.57 Å². The molecule has 0 radical (unpaired) electrons. The van der Waals surface area contributed by atoms with Crippen LogP contribution in [0.1, 0.15) is 10.6 Å². The fraction of sp³-hybridized carbons (Fsp3) is 0. The number of benzene rings is 1. The summed E-state index contributed by atoms with van der Waals surface area (Å²) in [6, 6.07) is 10.7. The molecule has 4 heteroatoms. The minimum atomic E-state index is 0.260. The number of carbonyl (C=O) groups excluding carboxylic acids is 1. The van der Waals surface area contributed by atoms with Gasteiger partial charge in [-0.15, -0.1) is 0 Å². The lowest BCUT2D eigenvalue weighted by Gasteiger charge is -2.01. The predicted molar refractivity (Wildman–Crippen MR) is 63.3 cm³/mol. The maximum Gasteiger partial charge on any atom is 0.290 e. The van der Waals surface area contributed by atoms with E-state index in [1.807, 2.05) is 24.3 Å². The minimum absolute atomic E-state index is 0.260. The molecule has 0 aliphatic carbocycles. The van der Waals surface area contributed by atoms with Crippen LogP contribution in [0, 0.1) is 3.57 Å². The van der Waals surface area contributed by atoms with Gasteiger partial charge in [-0.05, 0) is 46.9 Å². The van der Waals surface area contributed by atoms with E-state index in [1.54, 1.807) is 12.1 Å². The molecule has 2 aromatic rings. The molecule has 2 rings (SSSR count). The van der Waals surface area contributed by atoms with Gasteiger partial charge in [-0.3, -0.25) is 4.79 Å². The van der Waals surface area contributed by atoms with Crippen molar-refractivity contribution in [1.82, 2.24) is 0 Å². The van der Waals surface area contributed by atoms with Gasteiger partial charge in [-0.2, -0.15) is 0 Å². The Morgan fingerprint density at radius 3 is 2.80 bits per heavy atom. The molecule has 1 aromatic carbocycles. The molecule has 1 heterocycles. The lowest BCUT2D eigenvalue weighted by Crippen LogP contribution is -1.82. The Hall–Kier alpha value is -1.30. The SMILES string of the molecule is O=Cc1ccc(Oc2cccc(I)c2)o1. The van der Waals surface area contributed by atoms with Gasteiger partial charge in [0.2, 0.25) is 0 Å². The number of halogens is 1. The van der Waals surface area contributed by atoms with E-state index < -0.39 is 0 Å². The van der Waals surface area contributed by atoms with Crippen molar-refractivity contribution in [2.75, 3.05) is 0 Å². The van der Waals surface area contributed by atoms with E-state index in [1.165, 1.54) is 0 Å². The summed E-state index contributed by atoms with van der Waals surface area (Å²) in [5, 5.41) is 0. The zero-order valence-electron chi connectivity index (χ0n) is 7.64. The Kier molecular flexibility index (Phi) is 3.05. The first-order valence-electron chi connectivity index (χ1n) is 4.26. The Labute approximate surface area is 100 Å². The average Bonchev–Trinajstić information content (AvgIpc) is 2.65. The monoisotopic (exact) mass is 314 g/mol. The summed E-state index contributed by atoms with van der Waals surface area (Å²) in [6.45, 7) is 0. The van der Waals surface area contributed by atoms with Crippen molar-refractivity contribution in [3.8, 4) is 11.7 Å². The highest BCUT2D eigenvalue weighted by Gasteiger charge is 2.03. The fourth-order valence-corrected chi connectivity index (χ4v) is 1.61. The molecule has 1 aromatic heterocycles. The van der Waals surface area contributed by atoms with E-state index in [2.05, 4.69) is 22.6 Å². The number of aldehydes is 1. The molecule has 3 nitrogen and oxygen atoms in total. The van der Waals surface area contributed by atoms with Crippen LogP contribution in [0.3, 0.4) is 0 Å². The van der Waals surface area contributed by atoms with Crippen molar-refractivity contribution in [2.24, 2.45) is 0 Å². The summed E-state index contributed by atoms with van der Waals surface area (Å²) >= 11 is 2.19. The molecule has 15 heavy (non-hydrogen) atoms. The first kappa shape index (κ1) is 10.2. The molecule has 0 amide bonds. The first-order chi connectivity index (χ1) is 7.28. The highest BCUT2D eigenvalue weighted by atomic mass is 127. The van der Waals surface area contributed by atoms with E-state index in [-0.39, 0.29) is 5.76 Å². The number of hydrogen-bond donors (Lipinski definition) is 0. The summed E-state index contributed by atoms with van der Waals surface area (Å²) in [7, 11) is 0. The topological polar surface area (TPSA) is 39.4 Å². The highest BCUT2D eigenvalue weighted by Crippen LogP contribution is 2.24. The van der Waals surface area contributed by atoms with Crippen LogP contribution in [-0.4, -0.2) is 6.29 Å². The molecule has 0 bridgehead atoms. The molecule has 76 valence electrons. The van der Waals surface area contributed by atoms with Crippen LogP contribution in [0.4, 0.5) is 0 Å². The van der Waals surface area contributed by atoms with E-state index in [4.69, 9.17) is 9.15 Å². The number of hydrogen-bond acceptors (Lipinski definition) is 3. The summed E-state index contributed by atoms with van der Waals surface area (Å²) < 4.78 is 11.6. The van der Waals surface area contributed by atoms with Crippen molar-refractivity contribution < 1.29 is 13.9 Å². The van der Waals surface area contributed by atoms with Gasteiger partial charge in [0.15, 0.2) is 12.0 Å². The quantitative estimate of drug-likeness (QED) is 0.643. The highest BCUT2D eigenvalue weighted by molar-refractivity contribution is 14.1. The van der Waals surface area contributed by atoms with Gasteiger partial charge in [0.25, 0.3) is 5.95 Å². The summed E-state index contributed by atoms with van der Waals surface area (Å²) in [4.78, 5) is 10.4. The molecular weight excluding hydrogens is 307 g/mol. The van der Waals surface area contributed by atoms with Crippen molar-refractivity contribution in [3.63, 3.8) is 0 Å². The Morgan fingerprint density at radius 1 is 1.27 bits per heavy atom. The number of carbonyl (C=O) groups is 1. The number of furan rings is 1. The molecule has 0 saturated heterocycles. The smallest absolute Gasteiger partial charge is 0.290 e. The van der Waals surface area contributed by atoms with Crippen LogP contribution < -0.4 is 4.74 Å². The summed E-state index contributed by atoms with van der Waals surface area (Å²) in [5.41, 5.74) is 0. The molecule has 0 atom stereocenters. The lowest BCUT2D eigenvalue weighted by atomic mass is 10.3. The van der Waals surface area contributed by atoms with Crippen LogP contribution >= 0.6 is 22.6 Å². The molecule has 0 N–H and O–H groups in total. The second-order valence-corrected chi connectivity index (χ2v) is 4.08. The van der Waals surface area contributed by atoms with Gasteiger partial charge in [0.05, 0.1) is 0 Å². The van der Waals surface area contributed by atoms with Crippen LogP contribution in [0.2, 0.25) is 0 Å². The summed E-state index contributed by atoms with van der Waals surface area (Å²) in [6.07, 6.45) is 0.640. The summed E-state index contributed by atoms with van der Waals surface area (Å²) in [5.74, 6) is 1.27. The van der Waals surface area contributed by atoms with Gasteiger partial charge < -0.3 is 9.15 Å². The Balaban J connectivity index is 2.18.